The topological polar surface area (TPSA) is 52.0 Å². The summed E-state index contributed by atoms with van der Waals surface area (Å²) in [7, 11) is -3.30. The lowest BCUT2D eigenvalue weighted by Gasteiger charge is -2.06. The molecule has 4 nitrogen and oxygen atoms in total. The summed E-state index contributed by atoms with van der Waals surface area (Å²) < 4.78 is 24.6. The van der Waals surface area contributed by atoms with Crippen molar-refractivity contribution in [3.05, 3.63) is 42.2 Å². The Bertz CT molecular complexity index is 614. The summed E-state index contributed by atoms with van der Waals surface area (Å²) in [6.45, 7) is 1.96. The molecule has 0 spiro atoms. The van der Waals surface area contributed by atoms with Crippen LogP contribution in [0.4, 0.5) is 0 Å². The van der Waals surface area contributed by atoms with Crippen molar-refractivity contribution in [3.8, 4) is 5.69 Å². The van der Waals surface area contributed by atoms with Crippen LogP contribution in [0.2, 0.25) is 0 Å². The zero-order chi connectivity index (χ0) is 11.8. The van der Waals surface area contributed by atoms with Crippen LogP contribution in [0.3, 0.4) is 0 Å². The quantitative estimate of drug-likeness (QED) is 0.795. The van der Waals surface area contributed by atoms with E-state index in [1.54, 1.807) is 10.8 Å². The molecule has 0 saturated heterocycles. The lowest BCUT2D eigenvalue weighted by Crippen LogP contribution is -2.07. The van der Waals surface area contributed by atoms with Crippen molar-refractivity contribution in [1.82, 2.24) is 9.55 Å². The minimum Gasteiger partial charge on any atom is -0.291 e. The Morgan fingerprint density at radius 2 is 2.06 bits per heavy atom. The first-order chi connectivity index (χ1) is 7.48. The van der Waals surface area contributed by atoms with Gasteiger partial charge in [0.2, 0.25) is 15.0 Å². The maximum atomic E-state index is 11.5. The summed E-state index contributed by atoms with van der Waals surface area (Å²) in [4.78, 5) is 3.87. The van der Waals surface area contributed by atoms with Crippen LogP contribution in [0.5, 0.6) is 0 Å². The molecule has 0 bridgehead atoms. The molecule has 0 aliphatic rings. The van der Waals surface area contributed by atoms with Crippen LogP contribution in [0.25, 0.3) is 5.69 Å². The van der Waals surface area contributed by atoms with E-state index in [1.165, 1.54) is 6.20 Å². The molecule has 1 aromatic heterocycles. The van der Waals surface area contributed by atoms with E-state index in [0.717, 1.165) is 17.5 Å². The van der Waals surface area contributed by atoms with Crippen molar-refractivity contribution in [2.75, 3.05) is 6.26 Å². The summed E-state index contributed by atoms with van der Waals surface area (Å²) in [5.41, 5.74) is 1.88. The molecule has 1 aromatic carbocycles. The molecule has 0 amide bonds. The van der Waals surface area contributed by atoms with E-state index < -0.39 is 9.84 Å². The van der Waals surface area contributed by atoms with Gasteiger partial charge in [0.05, 0.1) is 0 Å². The van der Waals surface area contributed by atoms with Gasteiger partial charge < -0.3 is 0 Å². The fourth-order valence-corrected chi connectivity index (χ4v) is 2.31. The molecule has 0 aliphatic heterocycles. The van der Waals surface area contributed by atoms with E-state index >= 15 is 0 Å². The number of rotatable bonds is 2. The van der Waals surface area contributed by atoms with Crippen molar-refractivity contribution >= 4 is 9.84 Å². The highest BCUT2D eigenvalue weighted by Crippen LogP contribution is 2.15. The zero-order valence-electron chi connectivity index (χ0n) is 9.08. The van der Waals surface area contributed by atoms with Crippen LogP contribution in [0.15, 0.2) is 41.8 Å². The first kappa shape index (κ1) is 10.9. The van der Waals surface area contributed by atoms with Crippen LogP contribution in [-0.2, 0) is 9.84 Å². The molecule has 0 N–H and O–H groups in total. The second kappa shape index (κ2) is 3.75. The van der Waals surface area contributed by atoms with E-state index in [4.69, 9.17) is 0 Å². The zero-order valence-corrected chi connectivity index (χ0v) is 9.90. The molecule has 1 heterocycles. The van der Waals surface area contributed by atoms with Gasteiger partial charge in [0.15, 0.2) is 0 Å². The Balaban J connectivity index is 2.62. The van der Waals surface area contributed by atoms with E-state index in [1.807, 2.05) is 31.2 Å². The fraction of sp³-hybridized carbons (Fsp3) is 0.182. The highest BCUT2D eigenvalue weighted by molar-refractivity contribution is 7.90. The normalized spacial score (nSPS) is 11.6. The largest absolute Gasteiger partial charge is 0.291 e. The van der Waals surface area contributed by atoms with Gasteiger partial charge in [0.25, 0.3) is 0 Å². The molecular formula is C11H12N2O2S. The second-order valence-electron chi connectivity index (χ2n) is 3.69. The minimum atomic E-state index is -3.30. The predicted octanol–water partition coefficient (Wildman–Crippen LogP) is 1.58. The molecule has 5 heteroatoms. The van der Waals surface area contributed by atoms with Crippen LogP contribution in [0.1, 0.15) is 5.56 Å². The molecule has 0 fully saturated rings. The Labute approximate surface area is 94.5 Å². The number of benzene rings is 1. The molecule has 2 rings (SSSR count). The SMILES string of the molecule is Cc1cccc(-n2ccnc2S(C)(=O)=O)c1. The maximum Gasteiger partial charge on any atom is 0.231 e. The highest BCUT2D eigenvalue weighted by Gasteiger charge is 2.15. The predicted molar refractivity (Wildman–Crippen MR) is 61.4 cm³/mol. The van der Waals surface area contributed by atoms with Gasteiger partial charge in [-0.2, -0.15) is 0 Å². The molecule has 0 atom stereocenters. The Kier molecular flexibility index (Phi) is 2.55. The third-order valence-corrected chi connectivity index (χ3v) is 3.18. The summed E-state index contributed by atoms with van der Waals surface area (Å²) in [6.07, 6.45) is 4.28. The number of imidazole rings is 1. The third kappa shape index (κ3) is 1.99. The summed E-state index contributed by atoms with van der Waals surface area (Å²) in [5.74, 6) is 0. The van der Waals surface area contributed by atoms with Crippen LogP contribution in [-0.4, -0.2) is 24.2 Å². The number of aryl methyl sites for hydroxylation is 1. The van der Waals surface area contributed by atoms with Gasteiger partial charge in [-0.3, -0.25) is 4.57 Å². The summed E-state index contributed by atoms with van der Waals surface area (Å²) >= 11 is 0. The van der Waals surface area contributed by atoms with Crippen molar-refractivity contribution in [3.63, 3.8) is 0 Å². The Morgan fingerprint density at radius 3 is 2.69 bits per heavy atom. The number of aromatic nitrogens is 2. The molecule has 0 radical (unpaired) electrons. The number of hydrogen-bond donors (Lipinski definition) is 0. The maximum absolute atomic E-state index is 11.5. The van der Waals surface area contributed by atoms with Gasteiger partial charge in [0.1, 0.15) is 0 Å². The van der Waals surface area contributed by atoms with Gasteiger partial charge >= 0.3 is 0 Å². The van der Waals surface area contributed by atoms with E-state index in [-0.39, 0.29) is 5.16 Å². The Hall–Kier alpha value is -1.62. The lowest BCUT2D eigenvalue weighted by atomic mass is 10.2. The van der Waals surface area contributed by atoms with Crippen molar-refractivity contribution in [2.24, 2.45) is 0 Å². The molecule has 0 unspecified atom stereocenters. The number of hydrogen-bond acceptors (Lipinski definition) is 3. The van der Waals surface area contributed by atoms with Crippen LogP contribution >= 0.6 is 0 Å². The fourth-order valence-electron chi connectivity index (χ4n) is 1.54. The van der Waals surface area contributed by atoms with Gasteiger partial charge in [-0.05, 0) is 24.6 Å². The molecule has 16 heavy (non-hydrogen) atoms. The first-order valence-electron chi connectivity index (χ1n) is 4.79. The summed E-state index contributed by atoms with van der Waals surface area (Å²) in [5, 5.41) is 0.0677. The van der Waals surface area contributed by atoms with E-state index in [2.05, 4.69) is 4.98 Å². The molecule has 84 valence electrons. The standard InChI is InChI=1S/C11H12N2O2S/c1-9-4-3-5-10(8-9)13-7-6-12-11(13)16(2,14)15/h3-8H,1-2H3. The molecular weight excluding hydrogens is 224 g/mol. The monoisotopic (exact) mass is 236 g/mol. The highest BCUT2D eigenvalue weighted by atomic mass is 32.2. The lowest BCUT2D eigenvalue weighted by molar-refractivity contribution is 0.590. The van der Waals surface area contributed by atoms with Crippen molar-refractivity contribution in [1.29, 1.82) is 0 Å². The van der Waals surface area contributed by atoms with E-state index in [9.17, 15) is 8.42 Å². The van der Waals surface area contributed by atoms with Crippen molar-refractivity contribution in [2.45, 2.75) is 12.1 Å². The summed E-state index contributed by atoms with van der Waals surface area (Å²) in [6, 6.07) is 7.61. The third-order valence-electron chi connectivity index (χ3n) is 2.22. The molecule has 0 aliphatic carbocycles. The van der Waals surface area contributed by atoms with Crippen molar-refractivity contribution < 1.29 is 8.42 Å². The molecule has 0 saturated carbocycles. The second-order valence-corrected chi connectivity index (χ2v) is 5.60. The van der Waals surface area contributed by atoms with Crippen LogP contribution in [0, 0.1) is 6.92 Å². The van der Waals surface area contributed by atoms with Gasteiger partial charge in [-0.1, -0.05) is 12.1 Å². The van der Waals surface area contributed by atoms with Gasteiger partial charge in [-0.15, -0.1) is 0 Å². The van der Waals surface area contributed by atoms with Gasteiger partial charge in [-0.25, -0.2) is 13.4 Å². The number of nitrogens with zero attached hydrogens (tertiary/aromatic N) is 2. The molecule has 2 aromatic rings. The Morgan fingerprint density at radius 1 is 1.31 bits per heavy atom. The average Bonchev–Trinajstić information content (AvgIpc) is 2.65. The van der Waals surface area contributed by atoms with Gasteiger partial charge in [0, 0.05) is 24.3 Å². The van der Waals surface area contributed by atoms with Crippen LogP contribution < -0.4 is 0 Å². The van der Waals surface area contributed by atoms with E-state index in [0.29, 0.717) is 0 Å². The first-order valence-corrected chi connectivity index (χ1v) is 6.68. The average molecular weight is 236 g/mol. The smallest absolute Gasteiger partial charge is 0.231 e. The number of sulfone groups is 1. The minimum absolute atomic E-state index is 0.0677.